The number of para-hydroxylation sites is 1. The van der Waals surface area contributed by atoms with Gasteiger partial charge in [-0.1, -0.05) is 23.9 Å². The van der Waals surface area contributed by atoms with Crippen molar-refractivity contribution in [2.24, 2.45) is 7.05 Å². The molecule has 0 radical (unpaired) electrons. The predicted molar refractivity (Wildman–Crippen MR) is 89.2 cm³/mol. The minimum atomic E-state index is -0.468. The van der Waals surface area contributed by atoms with Gasteiger partial charge in [-0.15, -0.1) is 10.2 Å². The number of aromatic hydroxyl groups is 1. The minimum Gasteiger partial charge on any atom is -0.502 e. The number of ether oxygens (including phenoxy) is 1. The Balaban J connectivity index is 1.82. The fourth-order valence-electron chi connectivity index (χ4n) is 2.16. The van der Waals surface area contributed by atoms with E-state index >= 15 is 0 Å². The molecule has 0 bridgehead atoms. The molecule has 0 saturated carbocycles. The summed E-state index contributed by atoms with van der Waals surface area (Å²) >= 11 is 1.38. The van der Waals surface area contributed by atoms with Crippen molar-refractivity contribution < 1.29 is 14.3 Å². The van der Waals surface area contributed by atoms with Gasteiger partial charge in [-0.3, -0.25) is 4.79 Å². The number of methoxy groups -OCH3 is 1. The van der Waals surface area contributed by atoms with Crippen LogP contribution >= 0.6 is 11.8 Å². The Hall–Kier alpha value is -2.74. The van der Waals surface area contributed by atoms with Gasteiger partial charge in [0.05, 0.1) is 18.4 Å². The number of thioether (sulfide) groups is 1. The molecule has 7 nitrogen and oxygen atoms in total. The van der Waals surface area contributed by atoms with Gasteiger partial charge in [0.25, 0.3) is 0 Å². The summed E-state index contributed by atoms with van der Waals surface area (Å²) < 4.78 is 12.4. The maximum absolute atomic E-state index is 11.4. The van der Waals surface area contributed by atoms with E-state index in [9.17, 15) is 9.90 Å². The Morgan fingerprint density at radius 2 is 2.12 bits per heavy atom. The predicted octanol–water partition coefficient (Wildman–Crippen LogP) is 2.44. The van der Waals surface area contributed by atoms with Crippen LogP contribution in [-0.4, -0.2) is 27.0 Å². The molecule has 0 fully saturated rings. The second kappa shape index (κ2) is 6.79. The van der Waals surface area contributed by atoms with Crippen LogP contribution in [0, 0.1) is 0 Å². The third kappa shape index (κ3) is 3.13. The highest BCUT2D eigenvalue weighted by atomic mass is 32.2. The Labute approximate surface area is 141 Å². The van der Waals surface area contributed by atoms with Gasteiger partial charge in [0.1, 0.15) is 17.8 Å². The first-order valence-corrected chi connectivity index (χ1v) is 8.05. The number of hydrogen-bond acceptors (Lipinski definition) is 7. The molecule has 0 amide bonds. The smallest absolute Gasteiger partial charge is 0.226 e. The van der Waals surface area contributed by atoms with Crippen molar-refractivity contribution in [2.75, 3.05) is 7.11 Å². The molecule has 1 N–H and O–H groups in total. The van der Waals surface area contributed by atoms with E-state index in [1.165, 1.54) is 17.8 Å². The molecule has 0 unspecified atom stereocenters. The van der Waals surface area contributed by atoms with Crippen LogP contribution in [-0.2, 0) is 12.8 Å². The standard InChI is InChI=1S/C16H15N3O4S/c1-19-15(11-5-3-4-6-14(11)22-2)17-18-16(19)24-9-10-7-12(20)13(21)8-23-10/h3-8,21H,9H2,1-2H3. The molecule has 3 rings (SSSR count). The zero-order valence-corrected chi connectivity index (χ0v) is 13.9. The summed E-state index contributed by atoms with van der Waals surface area (Å²) in [4.78, 5) is 11.4. The number of rotatable bonds is 5. The number of aromatic nitrogens is 3. The van der Waals surface area contributed by atoms with Crippen LogP contribution in [0.4, 0.5) is 0 Å². The molecule has 3 aromatic rings. The molecule has 0 aliphatic rings. The van der Waals surface area contributed by atoms with Gasteiger partial charge in [-0.2, -0.15) is 0 Å². The van der Waals surface area contributed by atoms with Crippen LogP contribution in [0.2, 0.25) is 0 Å². The first kappa shape index (κ1) is 16.1. The van der Waals surface area contributed by atoms with Crippen molar-refractivity contribution in [1.82, 2.24) is 14.8 Å². The quantitative estimate of drug-likeness (QED) is 0.710. The molecule has 124 valence electrons. The van der Waals surface area contributed by atoms with Gasteiger partial charge in [0.2, 0.25) is 5.43 Å². The topological polar surface area (TPSA) is 90.4 Å². The van der Waals surface area contributed by atoms with Crippen molar-refractivity contribution in [3.05, 3.63) is 52.6 Å². The molecule has 2 aromatic heterocycles. The van der Waals surface area contributed by atoms with Crippen molar-refractivity contribution >= 4 is 11.8 Å². The van der Waals surface area contributed by atoms with E-state index in [0.29, 0.717) is 28.2 Å². The van der Waals surface area contributed by atoms with Crippen molar-refractivity contribution in [3.8, 4) is 22.9 Å². The zero-order chi connectivity index (χ0) is 17.1. The molecule has 0 spiro atoms. The Morgan fingerprint density at radius 1 is 1.33 bits per heavy atom. The normalized spacial score (nSPS) is 10.8. The van der Waals surface area contributed by atoms with Crippen LogP contribution in [0.15, 0.2) is 51.0 Å². The highest BCUT2D eigenvalue weighted by Crippen LogP contribution is 2.30. The molecule has 0 atom stereocenters. The molecule has 24 heavy (non-hydrogen) atoms. The fraction of sp³-hybridized carbons (Fsp3) is 0.188. The minimum absolute atomic E-state index is 0.396. The van der Waals surface area contributed by atoms with Crippen LogP contribution in [0.1, 0.15) is 5.76 Å². The fourth-order valence-corrected chi connectivity index (χ4v) is 2.96. The summed E-state index contributed by atoms with van der Waals surface area (Å²) in [5, 5.41) is 18.3. The lowest BCUT2D eigenvalue weighted by atomic mass is 10.2. The maximum atomic E-state index is 11.4. The van der Waals surface area contributed by atoms with E-state index < -0.39 is 11.2 Å². The highest BCUT2D eigenvalue weighted by Gasteiger charge is 2.15. The zero-order valence-electron chi connectivity index (χ0n) is 13.1. The maximum Gasteiger partial charge on any atom is 0.226 e. The molecule has 1 aromatic carbocycles. The number of benzene rings is 1. The second-order valence-electron chi connectivity index (χ2n) is 4.95. The molecule has 0 saturated heterocycles. The highest BCUT2D eigenvalue weighted by molar-refractivity contribution is 7.98. The van der Waals surface area contributed by atoms with Crippen LogP contribution in [0.25, 0.3) is 11.4 Å². The van der Waals surface area contributed by atoms with Gasteiger partial charge >= 0.3 is 0 Å². The van der Waals surface area contributed by atoms with Crippen molar-refractivity contribution in [2.45, 2.75) is 10.9 Å². The van der Waals surface area contributed by atoms with E-state index in [4.69, 9.17) is 9.15 Å². The summed E-state index contributed by atoms with van der Waals surface area (Å²) in [6.07, 6.45) is 1.04. The Bertz CT molecular complexity index is 920. The first-order chi connectivity index (χ1) is 11.6. The molecular weight excluding hydrogens is 330 g/mol. The molecule has 2 heterocycles. The van der Waals surface area contributed by atoms with Gasteiger partial charge in [-0.25, -0.2) is 0 Å². The van der Waals surface area contributed by atoms with E-state index in [0.717, 1.165) is 11.8 Å². The lowest BCUT2D eigenvalue weighted by Crippen LogP contribution is -2.00. The van der Waals surface area contributed by atoms with E-state index in [1.807, 2.05) is 35.9 Å². The molecule has 8 heteroatoms. The van der Waals surface area contributed by atoms with Gasteiger partial charge in [-0.05, 0) is 12.1 Å². The summed E-state index contributed by atoms with van der Waals surface area (Å²) in [6, 6.07) is 8.84. The average molecular weight is 345 g/mol. The third-order valence-electron chi connectivity index (χ3n) is 3.39. The van der Waals surface area contributed by atoms with Crippen molar-refractivity contribution in [1.29, 1.82) is 0 Å². The van der Waals surface area contributed by atoms with Gasteiger partial charge < -0.3 is 18.8 Å². The Morgan fingerprint density at radius 3 is 2.88 bits per heavy atom. The first-order valence-electron chi connectivity index (χ1n) is 7.06. The average Bonchev–Trinajstić information content (AvgIpc) is 2.96. The molecule has 0 aliphatic carbocycles. The van der Waals surface area contributed by atoms with Crippen molar-refractivity contribution in [3.63, 3.8) is 0 Å². The third-order valence-corrected chi connectivity index (χ3v) is 4.44. The monoisotopic (exact) mass is 345 g/mol. The summed E-state index contributed by atoms with van der Waals surface area (Å²) in [5.41, 5.74) is 0.377. The summed E-state index contributed by atoms with van der Waals surface area (Å²) in [5.74, 6) is 1.84. The van der Waals surface area contributed by atoms with E-state index in [-0.39, 0.29) is 0 Å². The van der Waals surface area contributed by atoms with Crippen LogP contribution < -0.4 is 10.2 Å². The molecular formula is C16H15N3O4S. The summed E-state index contributed by atoms with van der Waals surface area (Å²) in [7, 11) is 3.47. The lowest BCUT2D eigenvalue weighted by Gasteiger charge is -2.08. The van der Waals surface area contributed by atoms with Crippen LogP contribution in [0.3, 0.4) is 0 Å². The van der Waals surface area contributed by atoms with Gasteiger partial charge in [0.15, 0.2) is 16.7 Å². The van der Waals surface area contributed by atoms with Gasteiger partial charge in [0, 0.05) is 13.1 Å². The van der Waals surface area contributed by atoms with E-state index in [1.54, 1.807) is 7.11 Å². The molecule has 0 aliphatic heterocycles. The second-order valence-corrected chi connectivity index (χ2v) is 5.89. The SMILES string of the molecule is COc1ccccc1-c1nnc(SCc2cc(=O)c(O)co2)n1C. The van der Waals surface area contributed by atoms with E-state index in [2.05, 4.69) is 10.2 Å². The number of nitrogens with zero attached hydrogens (tertiary/aromatic N) is 3. The largest absolute Gasteiger partial charge is 0.502 e. The Kier molecular flexibility index (Phi) is 4.57. The number of hydrogen-bond donors (Lipinski definition) is 1. The van der Waals surface area contributed by atoms with Crippen LogP contribution in [0.5, 0.6) is 11.5 Å². The summed E-state index contributed by atoms with van der Waals surface area (Å²) in [6.45, 7) is 0. The lowest BCUT2D eigenvalue weighted by molar-refractivity contribution is 0.416.